The minimum atomic E-state index is -4.76. The second-order valence-corrected chi connectivity index (χ2v) is 12.3. The molecule has 0 unspecified atom stereocenters. The van der Waals surface area contributed by atoms with Crippen LogP contribution in [0.2, 0.25) is 0 Å². The topological polar surface area (TPSA) is 49.9 Å². The van der Waals surface area contributed by atoms with Crippen LogP contribution < -0.4 is 0 Å². The molecule has 3 aromatic carbocycles. The van der Waals surface area contributed by atoms with Crippen molar-refractivity contribution in [3.63, 3.8) is 0 Å². The van der Waals surface area contributed by atoms with Crippen molar-refractivity contribution in [1.29, 1.82) is 0 Å². The Morgan fingerprint density at radius 3 is 2.33 bits per heavy atom. The van der Waals surface area contributed by atoms with Crippen molar-refractivity contribution in [3.8, 4) is 11.1 Å². The quantitative estimate of drug-likeness (QED) is 0.375. The summed E-state index contributed by atoms with van der Waals surface area (Å²) in [6.45, 7) is 3.65. The predicted octanol–water partition coefficient (Wildman–Crippen LogP) is 5.95. The van der Waals surface area contributed by atoms with Gasteiger partial charge in [-0.25, -0.2) is 8.42 Å². The average Bonchev–Trinajstić information content (AvgIpc) is 2.89. The lowest BCUT2D eigenvalue weighted by Crippen LogP contribution is -2.68. The third-order valence-corrected chi connectivity index (χ3v) is 9.86. The molecule has 0 N–H and O–H groups in total. The minimum absolute atomic E-state index is 0.00910. The van der Waals surface area contributed by atoms with Gasteiger partial charge in [0.15, 0.2) is 0 Å². The summed E-state index contributed by atoms with van der Waals surface area (Å²) in [7, 11) is -2.71. The van der Waals surface area contributed by atoms with E-state index in [1.54, 1.807) is 7.11 Å². The monoisotopic (exact) mass is 558 g/mol. The van der Waals surface area contributed by atoms with Crippen molar-refractivity contribution in [1.82, 2.24) is 9.21 Å². The summed E-state index contributed by atoms with van der Waals surface area (Å²) in [5.74, 6) is -0.00910. The van der Waals surface area contributed by atoms with Crippen molar-refractivity contribution in [2.75, 3.05) is 33.4 Å². The molecule has 0 amide bonds. The van der Waals surface area contributed by atoms with Crippen molar-refractivity contribution in [2.24, 2.45) is 0 Å². The van der Waals surface area contributed by atoms with E-state index >= 15 is 0 Å². The zero-order valence-electron chi connectivity index (χ0n) is 22.1. The Balaban J connectivity index is 1.46. The van der Waals surface area contributed by atoms with E-state index in [0.29, 0.717) is 13.0 Å². The van der Waals surface area contributed by atoms with Crippen molar-refractivity contribution >= 4 is 10.0 Å². The SMILES string of the molecule is COC[C@@H]1[C@@H](c2ccc(-c3cccc(C)c3)cc2)[C@@H]2CN(S(=O)(=O)c3ccccc3C(F)(F)F)CCCCN12. The molecule has 39 heavy (non-hydrogen) atoms. The molecule has 0 aromatic heterocycles. The third-order valence-electron chi connectivity index (χ3n) is 7.94. The van der Waals surface area contributed by atoms with Crippen LogP contribution >= 0.6 is 0 Å². The van der Waals surface area contributed by atoms with Crippen LogP contribution in [0.5, 0.6) is 0 Å². The number of hydrogen-bond donors (Lipinski definition) is 0. The van der Waals surface area contributed by atoms with Crippen molar-refractivity contribution < 1.29 is 26.3 Å². The number of ether oxygens (including phenoxy) is 1. The van der Waals surface area contributed by atoms with Crippen LogP contribution in [0, 0.1) is 6.92 Å². The third kappa shape index (κ3) is 5.50. The Morgan fingerprint density at radius 2 is 1.64 bits per heavy atom. The Labute approximate surface area is 228 Å². The number of nitrogens with zero attached hydrogens (tertiary/aromatic N) is 2. The normalized spacial score (nSPS) is 22.9. The Bertz CT molecular complexity index is 1410. The van der Waals surface area contributed by atoms with Crippen LogP contribution in [0.1, 0.15) is 35.4 Å². The fraction of sp³-hybridized carbons (Fsp3) is 0.400. The lowest BCUT2D eigenvalue weighted by atomic mass is 9.74. The van der Waals surface area contributed by atoms with Crippen LogP contribution in [-0.2, 0) is 20.9 Å². The van der Waals surface area contributed by atoms with Gasteiger partial charge in [-0.05, 0) is 55.1 Å². The molecule has 0 saturated carbocycles. The summed E-state index contributed by atoms with van der Waals surface area (Å²) >= 11 is 0. The fourth-order valence-corrected chi connectivity index (χ4v) is 7.77. The second-order valence-electron chi connectivity index (χ2n) is 10.4. The summed E-state index contributed by atoms with van der Waals surface area (Å²) in [5, 5.41) is 0. The van der Waals surface area contributed by atoms with E-state index < -0.39 is 26.7 Å². The number of rotatable bonds is 6. The molecule has 2 aliphatic rings. The summed E-state index contributed by atoms with van der Waals surface area (Å²) in [5.41, 5.74) is 3.33. The molecule has 2 heterocycles. The number of halogens is 3. The first-order valence-corrected chi connectivity index (χ1v) is 14.6. The van der Waals surface area contributed by atoms with Crippen molar-refractivity contribution in [2.45, 2.75) is 48.8 Å². The Hall–Kier alpha value is -2.72. The molecule has 208 valence electrons. The van der Waals surface area contributed by atoms with E-state index in [1.165, 1.54) is 22.0 Å². The molecule has 0 spiro atoms. The number of fused-ring (bicyclic) bond motifs is 1. The first-order valence-electron chi connectivity index (χ1n) is 13.2. The van der Waals surface area contributed by atoms with E-state index in [1.807, 2.05) is 6.07 Å². The molecule has 5 nitrogen and oxygen atoms in total. The molecule has 0 bridgehead atoms. The minimum Gasteiger partial charge on any atom is -0.383 e. The van der Waals surface area contributed by atoms with Crippen LogP contribution in [0.15, 0.2) is 77.7 Å². The van der Waals surface area contributed by atoms with Gasteiger partial charge in [-0.2, -0.15) is 17.5 Å². The van der Waals surface area contributed by atoms with Gasteiger partial charge in [-0.15, -0.1) is 0 Å². The van der Waals surface area contributed by atoms with Crippen LogP contribution in [-0.4, -0.2) is 63.1 Å². The highest BCUT2D eigenvalue weighted by Gasteiger charge is 2.51. The van der Waals surface area contributed by atoms with E-state index in [-0.39, 0.29) is 31.1 Å². The average molecular weight is 559 g/mol. The lowest BCUT2D eigenvalue weighted by molar-refractivity contribution is -0.139. The molecule has 2 aliphatic heterocycles. The maximum absolute atomic E-state index is 13.7. The molecule has 3 aromatic rings. The van der Waals surface area contributed by atoms with Gasteiger partial charge in [-0.1, -0.05) is 66.2 Å². The van der Waals surface area contributed by atoms with Crippen molar-refractivity contribution in [3.05, 3.63) is 89.5 Å². The predicted molar refractivity (Wildman–Crippen MR) is 145 cm³/mol. The van der Waals surface area contributed by atoms with Gasteiger partial charge >= 0.3 is 6.18 Å². The van der Waals surface area contributed by atoms with E-state index in [2.05, 4.69) is 54.3 Å². The van der Waals surface area contributed by atoms with E-state index in [0.717, 1.165) is 41.8 Å². The molecule has 0 radical (unpaired) electrons. The molecular formula is C30H33F3N2O3S. The smallest absolute Gasteiger partial charge is 0.383 e. The van der Waals surface area contributed by atoms with Gasteiger partial charge in [0.2, 0.25) is 10.0 Å². The molecule has 0 aliphatic carbocycles. The molecule has 3 atom stereocenters. The maximum Gasteiger partial charge on any atom is 0.417 e. The summed E-state index contributed by atoms with van der Waals surface area (Å²) in [6, 6.07) is 20.9. The van der Waals surface area contributed by atoms with E-state index in [9.17, 15) is 21.6 Å². The number of alkyl halides is 3. The standard InChI is InChI=1S/C30H33F3N2O3S/c1-21-8-7-9-24(18-21)22-12-14-23(15-13-22)29-26-19-34(16-5-6-17-35(26)27(29)20-38-2)39(36,37)28-11-4-3-10-25(28)30(31,32)33/h3-4,7-15,18,26-27,29H,5-6,16-17,19-20H2,1-2H3/t26-,27+,29-/m0/s1. The molecular weight excluding hydrogens is 525 g/mol. The number of methoxy groups -OCH3 is 1. The number of hydrogen-bond acceptors (Lipinski definition) is 4. The largest absolute Gasteiger partial charge is 0.417 e. The number of sulfonamides is 1. The molecule has 2 saturated heterocycles. The van der Waals surface area contributed by atoms with Gasteiger partial charge in [0.05, 0.1) is 17.1 Å². The summed E-state index contributed by atoms with van der Waals surface area (Å²) in [6.07, 6.45) is -3.44. The Morgan fingerprint density at radius 1 is 0.923 bits per heavy atom. The fourth-order valence-electron chi connectivity index (χ4n) is 6.07. The van der Waals surface area contributed by atoms with Gasteiger partial charge < -0.3 is 4.74 Å². The number of benzene rings is 3. The lowest BCUT2D eigenvalue weighted by Gasteiger charge is -2.57. The Kier molecular flexibility index (Phi) is 7.88. The summed E-state index contributed by atoms with van der Waals surface area (Å²) < 4.78 is 75.3. The second kappa shape index (κ2) is 11.0. The van der Waals surface area contributed by atoms with Crippen LogP contribution in [0.4, 0.5) is 13.2 Å². The van der Waals surface area contributed by atoms with Gasteiger partial charge in [0.1, 0.15) is 0 Å². The highest BCUT2D eigenvalue weighted by Crippen LogP contribution is 2.44. The summed E-state index contributed by atoms with van der Waals surface area (Å²) in [4.78, 5) is 1.58. The first kappa shape index (κ1) is 27.8. The van der Waals surface area contributed by atoms with Crippen LogP contribution in [0.25, 0.3) is 11.1 Å². The van der Waals surface area contributed by atoms with Gasteiger partial charge in [0, 0.05) is 38.2 Å². The molecule has 2 fully saturated rings. The van der Waals surface area contributed by atoms with E-state index in [4.69, 9.17) is 4.74 Å². The maximum atomic E-state index is 13.7. The zero-order chi connectivity index (χ0) is 27.8. The van der Waals surface area contributed by atoms with Gasteiger partial charge in [-0.3, -0.25) is 4.90 Å². The molecule has 5 rings (SSSR count). The highest BCUT2D eigenvalue weighted by molar-refractivity contribution is 7.89. The number of aryl methyl sites for hydroxylation is 1. The molecule has 9 heteroatoms. The van der Waals surface area contributed by atoms with Crippen LogP contribution in [0.3, 0.4) is 0 Å². The van der Waals surface area contributed by atoms with Gasteiger partial charge in [0.25, 0.3) is 0 Å². The highest BCUT2D eigenvalue weighted by atomic mass is 32.2. The zero-order valence-corrected chi connectivity index (χ0v) is 22.9. The first-order chi connectivity index (χ1) is 18.6.